The van der Waals surface area contributed by atoms with E-state index in [-0.39, 0.29) is 5.82 Å². The molecule has 4 heterocycles. The predicted octanol–water partition coefficient (Wildman–Crippen LogP) is 5.43. The fourth-order valence-corrected chi connectivity index (χ4v) is 5.15. The Balaban J connectivity index is 1.38. The van der Waals surface area contributed by atoms with Crippen LogP contribution < -0.4 is 15.4 Å². The van der Waals surface area contributed by atoms with Crippen LogP contribution in [0.3, 0.4) is 0 Å². The van der Waals surface area contributed by atoms with Gasteiger partial charge in [0.25, 0.3) is 0 Å². The predicted molar refractivity (Wildman–Crippen MR) is 137 cm³/mol. The molecule has 1 aliphatic rings. The third-order valence-corrected chi connectivity index (χ3v) is 6.89. The number of benzene rings is 1. The van der Waals surface area contributed by atoms with E-state index in [0.717, 1.165) is 10.9 Å². The summed E-state index contributed by atoms with van der Waals surface area (Å²) in [6.45, 7) is 2.75. The lowest BCUT2D eigenvalue weighted by molar-refractivity contribution is 0.227. The molecule has 8 nitrogen and oxygen atoms in total. The fraction of sp³-hybridized carbons (Fsp3) is 0.280. The van der Waals surface area contributed by atoms with E-state index in [9.17, 15) is 0 Å². The topological polar surface area (TPSA) is 117 Å². The van der Waals surface area contributed by atoms with Gasteiger partial charge >= 0.3 is 0 Å². The van der Waals surface area contributed by atoms with Gasteiger partial charge in [-0.1, -0.05) is 23.2 Å². The number of anilines is 1. The van der Waals surface area contributed by atoms with Crippen LogP contribution in [0, 0.1) is 17.1 Å². The molecule has 1 aromatic carbocycles. The Labute approximate surface area is 216 Å². The van der Waals surface area contributed by atoms with Gasteiger partial charge in [-0.15, -0.1) is 0 Å². The van der Waals surface area contributed by atoms with Gasteiger partial charge < -0.3 is 15.4 Å². The van der Waals surface area contributed by atoms with Crippen molar-refractivity contribution in [3.8, 4) is 23.1 Å². The number of hydrogen-bond acceptors (Lipinski definition) is 7. The van der Waals surface area contributed by atoms with Gasteiger partial charge in [0.15, 0.2) is 11.6 Å². The first kappa shape index (κ1) is 24.3. The second kappa shape index (κ2) is 9.54. The normalized spacial score (nSPS) is 15.4. The van der Waals surface area contributed by atoms with Crippen LogP contribution in [0.25, 0.3) is 22.2 Å². The summed E-state index contributed by atoms with van der Waals surface area (Å²) >= 11 is 12.5. The summed E-state index contributed by atoms with van der Waals surface area (Å²) in [5.74, 6) is 0.346. The van der Waals surface area contributed by atoms with Crippen LogP contribution in [0.5, 0.6) is 5.75 Å². The second-order valence-corrected chi connectivity index (χ2v) is 9.78. The molecule has 0 saturated carbocycles. The zero-order valence-corrected chi connectivity index (χ0v) is 20.8. The van der Waals surface area contributed by atoms with E-state index >= 15 is 4.39 Å². The molecule has 1 atom stereocenters. The molecule has 4 aromatic rings. The minimum Gasteiger partial charge on any atom is -0.486 e. The molecule has 1 saturated heterocycles. The molecule has 5 rings (SSSR count). The van der Waals surface area contributed by atoms with Crippen molar-refractivity contribution in [3.05, 3.63) is 64.3 Å². The minimum atomic E-state index is -0.487. The highest BCUT2D eigenvalue weighted by Crippen LogP contribution is 2.36. The van der Waals surface area contributed by atoms with E-state index in [2.05, 4.69) is 26.2 Å². The zero-order chi connectivity index (χ0) is 25.4. The third kappa shape index (κ3) is 4.55. The van der Waals surface area contributed by atoms with Gasteiger partial charge in [0.1, 0.15) is 17.5 Å². The number of H-pyrrole nitrogens is 1. The highest BCUT2D eigenvalue weighted by atomic mass is 35.5. The number of pyridine rings is 2. The minimum absolute atomic E-state index is 0.237. The number of nitriles is 1. The van der Waals surface area contributed by atoms with Crippen LogP contribution in [0.2, 0.25) is 10.0 Å². The summed E-state index contributed by atoms with van der Waals surface area (Å²) in [4.78, 5) is 10.1. The number of halogens is 3. The smallest absolute Gasteiger partial charge is 0.166 e. The van der Waals surface area contributed by atoms with Crippen molar-refractivity contribution >= 4 is 39.9 Å². The summed E-state index contributed by atoms with van der Waals surface area (Å²) in [6.07, 6.45) is 5.14. The lowest BCUT2D eigenvalue weighted by Gasteiger charge is -2.48. The second-order valence-electron chi connectivity index (χ2n) is 8.96. The number of fused-ring (bicyclic) bond motifs is 1. The molecule has 1 aliphatic heterocycles. The number of hydrogen-bond donors (Lipinski definition) is 2. The van der Waals surface area contributed by atoms with Gasteiger partial charge in [-0.05, 0) is 37.6 Å². The third-order valence-electron chi connectivity index (χ3n) is 6.28. The molecule has 0 bridgehead atoms. The van der Waals surface area contributed by atoms with Crippen LogP contribution in [0.15, 0.2) is 42.9 Å². The Morgan fingerprint density at radius 1 is 1.25 bits per heavy atom. The number of rotatable bonds is 7. The first-order valence-electron chi connectivity index (χ1n) is 11.3. The van der Waals surface area contributed by atoms with Crippen LogP contribution >= 0.6 is 23.2 Å². The van der Waals surface area contributed by atoms with Crippen LogP contribution in [-0.4, -0.2) is 38.8 Å². The zero-order valence-electron chi connectivity index (χ0n) is 19.3. The first-order valence-corrected chi connectivity index (χ1v) is 12.0. The Bertz CT molecular complexity index is 1460. The van der Waals surface area contributed by atoms with Gasteiger partial charge in [-0.25, -0.2) is 9.37 Å². The van der Waals surface area contributed by atoms with Crippen molar-refractivity contribution in [2.75, 3.05) is 18.0 Å². The molecule has 0 amide bonds. The molecule has 184 valence electrons. The highest BCUT2D eigenvalue weighted by molar-refractivity contribution is 6.35. The Morgan fingerprint density at radius 3 is 2.69 bits per heavy atom. The molecule has 0 spiro atoms. The first-order chi connectivity index (χ1) is 17.3. The Kier molecular flexibility index (Phi) is 6.43. The number of nitrogens with zero attached hydrogens (tertiary/aromatic N) is 5. The highest BCUT2D eigenvalue weighted by Gasteiger charge is 2.40. The molecule has 0 aliphatic carbocycles. The van der Waals surface area contributed by atoms with Crippen LogP contribution in [-0.2, 0) is 0 Å². The van der Waals surface area contributed by atoms with Gasteiger partial charge in [-0.3, -0.25) is 10.1 Å². The standard InChI is InChI=1S/C25H22Cl2FN7O/c1-14(22-18(26)10-31-11-19(22)27)36-16-3-4-21-17(8-16)23(34-33-21)15-7-20(28)24(32-9-15)35-12-25(30,13-35)5-2-6-29/h3-4,7-11,14H,2,5,12-13,30H2,1H3,(H,33,34)/t14-/m1/s1. The summed E-state index contributed by atoms with van der Waals surface area (Å²) in [5, 5.41) is 17.7. The molecule has 0 radical (unpaired) electrons. The van der Waals surface area contributed by atoms with Gasteiger partial charge in [0.2, 0.25) is 0 Å². The van der Waals surface area contributed by atoms with Gasteiger partial charge in [-0.2, -0.15) is 10.4 Å². The molecule has 1 fully saturated rings. The van der Waals surface area contributed by atoms with Crippen molar-refractivity contribution in [1.29, 1.82) is 5.26 Å². The summed E-state index contributed by atoms with van der Waals surface area (Å²) in [6, 6.07) is 8.98. The molecule has 3 aromatic heterocycles. The van der Waals surface area contributed by atoms with Crippen molar-refractivity contribution < 1.29 is 9.13 Å². The van der Waals surface area contributed by atoms with E-state index in [1.807, 2.05) is 19.1 Å². The van der Waals surface area contributed by atoms with E-state index in [4.69, 9.17) is 38.9 Å². The lowest BCUT2D eigenvalue weighted by Crippen LogP contribution is -2.67. The largest absolute Gasteiger partial charge is 0.486 e. The van der Waals surface area contributed by atoms with Crippen molar-refractivity contribution in [1.82, 2.24) is 20.2 Å². The Morgan fingerprint density at radius 2 is 2.00 bits per heavy atom. The number of nitrogens with one attached hydrogen (secondary N) is 1. The van der Waals surface area contributed by atoms with Crippen molar-refractivity contribution in [2.24, 2.45) is 5.73 Å². The number of ether oxygens (including phenoxy) is 1. The van der Waals surface area contributed by atoms with Crippen LogP contribution in [0.1, 0.15) is 31.4 Å². The van der Waals surface area contributed by atoms with Crippen LogP contribution in [0.4, 0.5) is 10.2 Å². The fourth-order valence-electron chi connectivity index (χ4n) is 4.48. The van der Waals surface area contributed by atoms with Gasteiger partial charge in [0, 0.05) is 54.6 Å². The molecule has 0 unspecified atom stereocenters. The van der Waals surface area contributed by atoms with Crippen molar-refractivity contribution in [3.63, 3.8) is 0 Å². The van der Waals surface area contributed by atoms with E-state index in [0.29, 0.717) is 58.5 Å². The van der Waals surface area contributed by atoms with Gasteiger partial charge in [0.05, 0.1) is 27.2 Å². The molecular weight excluding hydrogens is 504 g/mol. The average molecular weight is 526 g/mol. The summed E-state index contributed by atoms with van der Waals surface area (Å²) < 4.78 is 21.1. The number of aromatic amines is 1. The Hall–Kier alpha value is -3.45. The maximum absolute atomic E-state index is 15.0. The molecular formula is C25H22Cl2FN7O. The summed E-state index contributed by atoms with van der Waals surface area (Å²) in [5.41, 5.74) is 8.25. The lowest BCUT2D eigenvalue weighted by atomic mass is 9.86. The number of nitrogens with two attached hydrogens (primary N) is 1. The summed E-state index contributed by atoms with van der Waals surface area (Å²) in [7, 11) is 0. The average Bonchev–Trinajstić information content (AvgIpc) is 3.24. The maximum Gasteiger partial charge on any atom is 0.166 e. The van der Waals surface area contributed by atoms with E-state index in [1.54, 1.807) is 17.2 Å². The molecule has 36 heavy (non-hydrogen) atoms. The monoisotopic (exact) mass is 525 g/mol. The van der Waals surface area contributed by atoms with E-state index < -0.39 is 17.5 Å². The maximum atomic E-state index is 15.0. The number of aromatic nitrogens is 4. The van der Waals surface area contributed by atoms with Crippen molar-refractivity contribution in [2.45, 2.75) is 31.4 Å². The van der Waals surface area contributed by atoms with E-state index in [1.165, 1.54) is 18.5 Å². The quantitative estimate of drug-likeness (QED) is 0.330. The molecule has 11 heteroatoms. The molecule has 3 N–H and O–H groups in total. The SMILES string of the molecule is C[C@@H](Oc1ccc2[nH]nc(-c3cnc(N4CC(N)(CCC#N)C4)c(F)c3)c2c1)c1c(Cl)cncc1Cl.